The summed E-state index contributed by atoms with van der Waals surface area (Å²) in [6.45, 7) is 10.8. The molecule has 3 aromatic rings. The average Bonchev–Trinajstić information content (AvgIpc) is 3.16. The fourth-order valence-electron chi connectivity index (χ4n) is 3.91. The summed E-state index contributed by atoms with van der Waals surface area (Å²) in [5.41, 5.74) is 1.53. The number of ketones is 1. The van der Waals surface area contributed by atoms with E-state index in [0.29, 0.717) is 10.5 Å². The molecule has 1 aromatic carbocycles. The fraction of sp³-hybridized carbons (Fsp3) is 0.440. The van der Waals surface area contributed by atoms with Gasteiger partial charge in [-0.2, -0.15) is 0 Å². The van der Waals surface area contributed by atoms with Crippen LogP contribution in [0.4, 0.5) is 0 Å². The number of nitrogens with zero attached hydrogens (tertiary/aromatic N) is 3. The highest BCUT2D eigenvalue weighted by Gasteiger charge is 2.26. The third-order valence-corrected chi connectivity index (χ3v) is 8.25. The van der Waals surface area contributed by atoms with Crippen LogP contribution >= 0.6 is 23.1 Å². The number of carbonyl (C=O) groups excluding carboxylic acids is 1. The molecule has 0 saturated heterocycles. The highest BCUT2D eigenvalue weighted by Crippen LogP contribution is 2.34. The fourth-order valence-corrected chi connectivity index (χ4v) is 6.37. The molecule has 0 saturated carbocycles. The van der Waals surface area contributed by atoms with Gasteiger partial charge in [0.2, 0.25) is 0 Å². The third-order valence-electron chi connectivity index (χ3n) is 6.16. The minimum Gasteiger partial charge on any atom is -0.478 e. The minimum absolute atomic E-state index is 0.0910. The Morgan fingerprint density at radius 3 is 2.53 bits per heavy atom. The summed E-state index contributed by atoms with van der Waals surface area (Å²) >= 11 is 2.87. The highest BCUT2D eigenvalue weighted by molar-refractivity contribution is 7.99. The first-order valence-electron chi connectivity index (χ1n) is 11.3. The van der Waals surface area contributed by atoms with Gasteiger partial charge in [0.05, 0.1) is 23.2 Å². The summed E-state index contributed by atoms with van der Waals surface area (Å²) in [6, 6.07) is 6.51. The van der Waals surface area contributed by atoms with Crippen LogP contribution in [-0.4, -0.2) is 50.2 Å². The number of benzene rings is 1. The normalized spacial score (nSPS) is 14.4. The van der Waals surface area contributed by atoms with Crippen molar-refractivity contribution in [3.05, 3.63) is 56.2 Å². The molecule has 1 aliphatic heterocycles. The smallest absolute Gasteiger partial charge is 0.335 e. The van der Waals surface area contributed by atoms with E-state index in [0.717, 1.165) is 42.0 Å². The monoisotopic (exact) mass is 499 g/mol. The maximum Gasteiger partial charge on any atom is 0.335 e. The zero-order valence-electron chi connectivity index (χ0n) is 19.9. The molecule has 1 N–H and O–H groups in total. The first-order valence-corrected chi connectivity index (χ1v) is 13.1. The third kappa shape index (κ3) is 4.96. The maximum absolute atomic E-state index is 13.8. The molecule has 7 nitrogen and oxygen atoms in total. The van der Waals surface area contributed by atoms with Gasteiger partial charge in [-0.05, 0) is 36.2 Å². The van der Waals surface area contributed by atoms with Crippen molar-refractivity contribution in [1.29, 1.82) is 0 Å². The van der Waals surface area contributed by atoms with Crippen molar-refractivity contribution >= 4 is 45.1 Å². The van der Waals surface area contributed by atoms with Gasteiger partial charge in [-0.3, -0.25) is 19.1 Å². The lowest BCUT2D eigenvalue weighted by atomic mass is 9.92. The number of hydrogen-bond donors (Lipinski definition) is 1. The number of likely N-dealkylation sites (N-methyl/N-ethyl adjacent to an activating group) is 1. The van der Waals surface area contributed by atoms with Crippen LogP contribution in [-0.2, 0) is 24.3 Å². The van der Waals surface area contributed by atoms with Crippen LogP contribution in [0.3, 0.4) is 0 Å². The summed E-state index contributed by atoms with van der Waals surface area (Å²) < 4.78 is 1.64. The molecular formula is C25H29N3O4S2. The summed E-state index contributed by atoms with van der Waals surface area (Å²) in [5, 5.41) is 10.4. The lowest BCUT2D eigenvalue weighted by molar-refractivity contribution is -0.123. The molecule has 0 radical (unpaired) electrons. The van der Waals surface area contributed by atoms with Gasteiger partial charge < -0.3 is 5.11 Å². The van der Waals surface area contributed by atoms with E-state index in [9.17, 15) is 19.5 Å². The molecule has 0 fully saturated rings. The maximum atomic E-state index is 13.8. The summed E-state index contributed by atoms with van der Waals surface area (Å²) in [6.07, 6.45) is 0.822. The van der Waals surface area contributed by atoms with Gasteiger partial charge in [-0.1, -0.05) is 51.6 Å². The number of rotatable bonds is 7. The number of hydrogen-bond acceptors (Lipinski definition) is 7. The Morgan fingerprint density at radius 2 is 1.91 bits per heavy atom. The average molecular weight is 500 g/mol. The van der Waals surface area contributed by atoms with Crippen molar-refractivity contribution in [1.82, 2.24) is 14.5 Å². The van der Waals surface area contributed by atoms with Crippen LogP contribution in [0, 0.1) is 5.41 Å². The predicted molar refractivity (Wildman–Crippen MR) is 136 cm³/mol. The Bertz CT molecular complexity index is 1300. The molecule has 9 heteroatoms. The molecule has 0 atom stereocenters. The van der Waals surface area contributed by atoms with Gasteiger partial charge in [-0.25, -0.2) is 9.78 Å². The van der Waals surface area contributed by atoms with Crippen LogP contribution in [0.2, 0.25) is 0 Å². The zero-order valence-corrected chi connectivity index (χ0v) is 21.5. The van der Waals surface area contributed by atoms with E-state index in [4.69, 9.17) is 4.98 Å². The number of carbonyl (C=O) groups is 2. The molecule has 3 heterocycles. The van der Waals surface area contributed by atoms with E-state index in [1.54, 1.807) is 28.0 Å². The van der Waals surface area contributed by atoms with Crippen LogP contribution in [0.5, 0.6) is 0 Å². The van der Waals surface area contributed by atoms with Crippen LogP contribution in [0.25, 0.3) is 10.2 Å². The Balaban J connectivity index is 1.78. The van der Waals surface area contributed by atoms with E-state index >= 15 is 0 Å². The highest BCUT2D eigenvalue weighted by atomic mass is 32.2. The number of thiophene rings is 1. The van der Waals surface area contributed by atoms with Crippen molar-refractivity contribution in [2.45, 2.75) is 52.4 Å². The summed E-state index contributed by atoms with van der Waals surface area (Å²) in [5.74, 6) is -0.670. The van der Waals surface area contributed by atoms with Gasteiger partial charge >= 0.3 is 5.97 Å². The Hall–Kier alpha value is -2.49. The first-order chi connectivity index (χ1) is 16.1. The molecular weight excluding hydrogens is 470 g/mol. The molecule has 34 heavy (non-hydrogen) atoms. The molecule has 0 aliphatic carbocycles. The van der Waals surface area contributed by atoms with E-state index in [1.807, 2.05) is 20.8 Å². The van der Waals surface area contributed by atoms with Gasteiger partial charge in [-0.15, -0.1) is 11.3 Å². The largest absolute Gasteiger partial charge is 0.478 e. The number of aromatic carboxylic acids is 1. The second kappa shape index (κ2) is 9.64. The van der Waals surface area contributed by atoms with E-state index in [1.165, 1.54) is 28.8 Å². The van der Waals surface area contributed by atoms with E-state index in [-0.39, 0.29) is 29.2 Å². The quantitative estimate of drug-likeness (QED) is 0.383. The van der Waals surface area contributed by atoms with Crippen LogP contribution in [0.1, 0.15) is 54.1 Å². The number of Topliss-reactive ketones (excluding diaryl/α,β-unsaturated/α-hetero) is 1. The second-order valence-electron chi connectivity index (χ2n) is 9.55. The van der Waals surface area contributed by atoms with Crippen molar-refractivity contribution in [2.24, 2.45) is 5.41 Å². The van der Waals surface area contributed by atoms with Crippen LogP contribution < -0.4 is 5.56 Å². The van der Waals surface area contributed by atoms with Crippen molar-refractivity contribution in [2.75, 3.05) is 18.8 Å². The second-order valence-corrected chi connectivity index (χ2v) is 11.6. The predicted octanol–water partition coefficient (Wildman–Crippen LogP) is 4.29. The lowest BCUT2D eigenvalue weighted by Crippen LogP contribution is -2.30. The van der Waals surface area contributed by atoms with Gasteiger partial charge in [0.1, 0.15) is 10.6 Å². The van der Waals surface area contributed by atoms with Gasteiger partial charge in [0, 0.05) is 23.4 Å². The Labute approximate surface area is 206 Å². The van der Waals surface area contributed by atoms with Gasteiger partial charge in [0.15, 0.2) is 5.16 Å². The Kier molecular flexibility index (Phi) is 6.98. The van der Waals surface area contributed by atoms with E-state index < -0.39 is 11.4 Å². The molecule has 0 amide bonds. The zero-order chi connectivity index (χ0) is 24.6. The van der Waals surface area contributed by atoms with Crippen molar-refractivity contribution in [3.8, 4) is 0 Å². The molecule has 1 aliphatic rings. The molecule has 180 valence electrons. The topological polar surface area (TPSA) is 92.5 Å². The van der Waals surface area contributed by atoms with E-state index in [2.05, 4.69) is 11.8 Å². The molecule has 4 rings (SSSR count). The van der Waals surface area contributed by atoms with Crippen molar-refractivity contribution < 1.29 is 14.7 Å². The SMILES string of the molecule is CCN1CCc2c(sc3nc(SCC(=O)C(C)(C)C)n(Cc4ccc(C(=O)O)cc4)c(=O)c23)C1. The number of fused-ring (bicyclic) bond motifs is 3. The Morgan fingerprint density at radius 1 is 1.21 bits per heavy atom. The van der Waals surface area contributed by atoms with Gasteiger partial charge in [0.25, 0.3) is 5.56 Å². The molecule has 0 bridgehead atoms. The number of aromatic nitrogens is 2. The summed E-state index contributed by atoms with van der Waals surface area (Å²) in [4.78, 5) is 46.7. The molecule has 0 unspecified atom stereocenters. The number of thioether (sulfide) groups is 1. The standard InChI is InChI=1S/C25H29N3O4S2/c1-5-27-11-10-17-18(13-27)34-21-20(17)22(30)28(12-15-6-8-16(9-7-15)23(31)32)24(26-21)33-14-19(29)25(2,3)4/h6-9H,5,10-14H2,1-4H3,(H,31,32). The first kappa shape index (κ1) is 24.6. The molecule has 2 aromatic heterocycles. The van der Waals surface area contributed by atoms with Crippen molar-refractivity contribution in [3.63, 3.8) is 0 Å². The van der Waals surface area contributed by atoms with Crippen LogP contribution in [0.15, 0.2) is 34.2 Å². The molecule has 0 spiro atoms. The summed E-state index contributed by atoms with van der Waals surface area (Å²) in [7, 11) is 0. The lowest BCUT2D eigenvalue weighted by Gasteiger charge is -2.25. The number of carboxylic acid groups (broad SMARTS) is 1. The number of carboxylic acids is 1. The minimum atomic E-state index is -0.991.